The van der Waals surface area contributed by atoms with Crippen molar-refractivity contribution in [2.75, 3.05) is 5.32 Å². The molecule has 0 saturated carbocycles. The Hall–Kier alpha value is -2.37. The average molecular weight is 249 g/mol. The lowest BCUT2D eigenvalue weighted by Gasteiger charge is -2.11. The van der Waals surface area contributed by atoms with Gasteiger partial charge in [0.25, 0.3) is 5.69 Å². The Balaban J connectivity index is 2.74. The van der Waals surface area contributed by atoms with Crippen LogP contribution in [0.5, 0.6) is 0 Å². The highest BCUT2D eigenvalue weighted by molar-refractivity contribution is 5.89. The zero-order valence-electron chi connectivity index (χ0n) is 10.3. The number of hydrogen-bond acceptors (Lipinski definition) is 3. The first-order chi connectivity index (χ1) is 8.43. The molecule has 1 aromatic rings. The smallest absolute Gasteiger partial charge is 0.319 e. The van der Waals surface area contributed by atoms with Gasteiger partial charge >= 0.3 is 6.03 Å². The summed E-state index contributed by atoms with van der Waals surface area (Å²) in [6, 6.07) is 3.88. The number of aryl methyl sites for hydroxylation is 1. The Morgan fingerprint density at radius 2 is 2.22 bits per heavy atom. The number of carbonyl (C=O) groups is 1. The van der Waals surface area contributed by atoms with E-state index in [1.54, 1.807) is 26.0 Å². The Labute approximate surface area is 105 Å². The van der Waals surface area contributed by atoms with E-state index in [0.717, 1.165) is 0 Å². The van der Waals surface area contributed by atoms with E-state index in [0.29, 0.717) is 11.3 Å². The van der Waals surface area contributed by atoms with Crippen molar-refractivity contribution in [2.45, 2.75) is 19.9 Å². The molecular weight excluding hydrogens is 234 g/mol. The lowest BCUT2D eigenvalue weighted by molar-refractivity contribution is -0.385. The highest BCUT2D eigenvalue weighted by Crippen LogP contribution is 2.21. The lowest BCUT2D eigenvalue weighted by Crippen LogP contribution is -2.34. The number of nitro groups is 1. The summed E-state index contributed by atoms with van der Waals surface area (Å²) in [5.74, 6) is 0. The Morgan fingerprint density at radius 1 is 1.56 bits per heavy atom. The van der Waals surface area contributed by atoms with E-state index in [9.17, 15) is 14.9 Å². The Morgan fingerprint density at radius 3 is 2.72 bits per heavy atom. The lowest BCUT2D eigenvalue weighted by atomic mass is 10.2. The maximum absolute atomic E-state index is 11.5. The fourth-order valence-electron chi connectivity index (χ4n) is 1.37. The SMILES string of the molecule is C=CC(C)NC(=O)Nc1ccc([N+](=O)[O-])c(C)c1. The Kier molecular flexibility index (Phi) is 4.42. The van der Waals surface area contributed by atoms with Crippen LogP contribution in [0.25, 0.3) is 0 Å². The molecule has 0 radical (unpaired) electrons. The molecule has 0 aliphatic carbocycles. The van der Waals surface area contributed by atoms with Gasteiger partial charge in [-0.2, -0.15) is 0 Å². The van der Waals surface area contributed by atoms with E-state index in [1.165, 1.54) is 12.1 Å². The molecule has 0 spiro atoms. The first kappa shape index (κ1) is 13.7. The van der Waals surface area contributed by atoms with Crippen LogP contribution < -0.4 is 10.6 Å². The summed E-state index contributed by atoms with van der Waals surface area (Å²) in [6.45, 7) is 6.95. The molecule has 1 unspecified atom stereocenters. The molecule has 6 nitrogen and oxygen atoms in total. The standard InChI is InChI=1S/C12H15N3O3/c1-4-9(3)13-12(16)14-10-5-6-11(15(17)18)8(2)7-10/h4-7,9H,1H2,2-3H3,(H2,13,14,16). The summed E-state index contributed by atoms with van der Waals surface area (Å²) in [7, 11) is 0. The second-order valence-corrected chi connectivity index (χ2v) is 3.88. The van der Waals surface area contributed by atoms with Crippen molar-refractivity contribution in [2.24, 2.45) is 0 Å². The van der Waals surface area contributed by atoms with Crippen LogP contribution in [0.15, 0.2) is 30.9 Å². The van der Waals surface area contributed by atoms with Gasteiger partial charge in [-0.3, -0.25) is 10.1 Å². The average Bonchev–Trinajstić information content (AvgIpc) is 2.28. The van der Waals surface area contributed by atoms with Crippen molar-refractivity contribution < 1.29 is 9.72 Å². The highest BCUT2D eigenvalue weighted by atomic mass is 16.6. The molecule has 1 rings (SSSR count). The fraction of sp³-hybridized carbons (Fsp3) is 0.250. The van der Waals surface area contributed by atoms with Crippen LogP contribution in [0.4, 0.5) is 16.2 Å². The first-order valence-corrected chi connectivity index (χ1v) is 5.39. The summed E-state index contributed by atoms with van der Waals surface area (Å²) >= 11 is 0. The van der Waals surface area contributed by atoms with Crippen LogP contribution >= 0.6 is 0 Å². The minimum absolute atomic E-state index is 0.0282. The van der Waals surface area contributed by atoms with Crippen molar-refractivity contribution in [1.82, 2.24) is 5.32 Å². The van der Waals surface area contributed by atoms with Crippen molar-refractivity contribution in [3.05, 3.63) is 46.5 Å². The molecule has 0 aliphatic heterocycles. The van der Waals surface area contributed by atoms with E-state index in [-0.39, 0.29) is 17.8 Å². The van der Waals surface area contributed by atoms with Crippen molar-refractivity contribution >= 4 is 17.4 Å². The zero-order valence-corrected chi connectivity index (χ0v) is 10.3. The van der Waals surface area contributed by atoms with Crippen molar-refractivity contribution in [1.29, 1.82) is 0 Å². The summed E-state index contributed by atoms with van der Waals surface area (Å²) in [5, 5.41) is 15.9. The number of nitro benzene ring substituents is 1. The third kappa shape index (κ3) is 3.58. The van der Waals surface area contributed by atoms with Gasteiger partial charge in [-0.05, 0) is 26.0 Å². The number of hydrogen-bond donors (Lipinski definition) is 2. The van der Waals surface area contributed by atoms with E-state index < -0.39 is 4.92 Å². The molecule has 6 heteroatoms. The van der Waals surface area contributed by atoms with E-state index in [4.69, 9.17) is 0 Å². The molecule has 18 heavy (non-hydrogen) atoms. The zero-order chi connectivity index (χ0) is 13.7. The molecule has 1 atom stereocenters. The Bertz CT molecular complexity index is 485. The van der Waals surface area contributed by atoms with Crippen LogP contribution in [0.1, 0.15) is 12.5 Å². The van der Waals surface area contributed by atoms with Gasteiger partial charge in [0, 0.05) is 23.4 Å². The molecule has 1 aromatic carbocycles. The van der Waals surface area contributed by atoms with Crippen molar-refractivity contribution in [3.8, 4) is 0 Å². The van der Waals surface area contributed by atoms with E-state index >= 15 is 0 Å². The first-order valence-electron chi connectivity index (χ1n) is 5.39. The maximum Gasteiger partial charge on any atom is 0.319 e. The maximum atomic E-state index is 11.5. The summed E-state index contributed by atoms with van der Waals surface area (Å²) in [5.41, 5.74) is 1.03. The largest absolute Gasteiger partial charge is 0.332 e. The number of nitrogens with one attached hydrogen (secondary N) is 2. The van der Waals surface area contributed by atoms with Gasteiger partial charge in [-0.15, -0.1) is 6.58 Å². The minimum atomic E-state index is -0.459. The minimum Gasteiger partial charge on any atom is -0.332 e. The third-order valence-corrected chi connectivity index (χ3v) is 2.36. The summed E-state index contributed by atoms with van der Waals surface area (Å²) < 4.78 is 0. The molecular formula is C12H15N3O3. The van der Waals surface area contributed by atoms with E-state index in [1.807, 2.05) is 0 Å². The highest BCUT2D eigenvalue weighted by Gasteiger charge is 2.11. The van der Waals surface area contributed by atoms with Crippen LogP contribution in [-0.2, 0) is 0 Å². The molecule has 0 saturated heterocycles. The number of carbonyl (C=O) groups excluding carboxylic acids is 1. The second-order valence-electron chi connectivity index (χ2n) is 3.88. The van der Waals surface area contributed by atoms with Gasteiger partial charge in [0.2, 0.25) is 0 Å². The molecule has 96 valence electrons. The second kappa shape index (κ2) is 5.81. The number of benzene rings is 1. The van der Waals surface area contributed by atoms with Gasteiger partial charge in [-0.1, -0.05) is 6.08 Å². The monoisotopic (exact) mass is 249 g/mol. The van der Waals surface area contributed by atoms with Crippen LogP contribution in [0, 0.1) is 17.0 Å². The van der Waals surface area contributed by atoms with Gasteiger partial charge in [0.05, 0.1) is 4.92 Å². The van der Waals surface area contributed by atoms with Crippen LogP contribution in [-0.4, -0.2) is 17.0 Å². The number of rotatable bonds is 4. The number of anilines is 1. The fourth-order valence-corrected chi connectivity index (χ4v) is 1.37. The van der Waals surface area contributed by atoms with Crippen molar-refractivity contribution in [3.63, 3.8) is 0 Å². The number of amides is 2. The van der Waals surface area contributed by atoms with Gasteiger partial charge in [0.1, 0.15) is 0 Å². The number of urea groups is 1. The van der Waals surface area contributed by atoms with Gasteiger partial charge in [0.15, 0.2) is 0 Å². The summed E-state index contributed by atoms with van der Waals surface area (Å²) in [6.07, 6.45) is 1.60. The molecule has 0 aromatic heterocycles. The van der Waals surface area contributed by atoms with Gasteiger partial charge < -0.3 is 10.6 Å². The molecule has 2 amide bonds. The number of nitrogens with zero attached hydrogens (tertiary/aromatic N) is 1. The van der Waals surface area contributed by atoms with Crippen LogP contribution in [0.2, 0.25) is 0 Å². The topological polar surface area (TPSA) is 84.3 Å². The van der Waals surface area contributed by atoms with Gasteiger partial charge in [-0.25, -0.2) is 4.79 Å². The predicted octanol–water partition coefficient (Wildman–Crippen LogP) is 2.60. The van der Waals surface area contributed by atoms with E-state index in [2.05, 4.69) is 17.2 Å². The normalized spacial score (nSPS) is 11.4. The molecule has 0 fully saturated rings. The molecule has 0 bridgehead atoms. The summed E-state index contributed by atoms with van der Waals surface area (Å²) in [4.78, 5) is 21.7. The molecule has 2 N–H and O–H groups in total. The van der Waals surface area contributed by atoms with Crippen LogP contribution in [0.3, 0.4) is 0 Å². The molecule has 0 aliphatic rings. The third-order valence-electron chi connectivity index (χ3n) is 2.36. The predicted molar refractivity (Wildman–Crippen MR) is 69.6 cm³/mol. The molecule has 0 heterocycles. The quantitative estimate of drug-likeness (QED) is 0.488.